The van der Waals surface area contributed by atoms with Crippen molar-refractivity contribution >= 4 is 44.8 Å². The van der Waals surface area contributed by atoms with Crippen molar-refractivity contribution in [2.24, 2.45) is 0 Å². The SMILES string of the molecule is CCn1c(CCNC(=O)COc2ccc3ccccc3c2Br)n[nH]c1=S. The molecule has 1 heterocycles. The van der Waals surface area contributed by atoms with Crippen molar-refractivity contribution in [3.05, 3.63) is 51.5 Å². The van der Waals surface area contributed by atoms with Gasteiger partial charge in [0.2, 0.25) is 0 Å². The summed E-state index contributed by atoms with van der Waals surface area (Å²) in [6.07, 6.45) is 0.604. The molecular formula is C18H19BrN4O2S. The third-order valence-electron chi connectivity index (χ3n) is 4.01. The fourth-order valence-corrected chi connectivity index (χ4v) is 3.59. The van der Waals surface area contributed by atoms with Crippen LogP contribution in [0.15, 0.2) is 40.9 Å². The molecule has 0 aliphatic heterocycles. The number of nitrogens with zero attached hydrogens (tertiary/aromatic N) is 2. The molecular weight excluding hydrogens is 416 g/mol. The minimum Gasteiger partial charge on any atom is -0.483 e. The molecule has 0 bridgehead atoms. The Morgan fingerprint density at radius 3 is 2.96 bits per heavy atom. The van der Waals surface area contributed by atoms with Gasteiger partial charge >= 0.3 is 0 Å². The van der Waals surface area contributed by atoms with Crippen molar-refractivity contribution in [3.8, 4) is 5.75 Å². The fourth-order valence-electron chi connectivity index (χ4n) is 2.70. The maximum atomic E-state index is 12.0. The first kappa shape index (κ1) is 18.6. The normalized spacial score (nSPS) is 10.8. The van der Waals surface area contributed by atoms with Crippen LogP contribution in [0.2, 0.25) is 0 Å². The minimum atomic E-state index is -0.178. The van der Waals surface area contributed by atoms with E-state index in [1.165, 1.54) is 0 Å². The van der Waals surface area contributed by atoms with E-state index in [1.54, 1.807) is 0 Å². The molecule has 1 amide bonds. The van der Waals surface area contributed by atoms with Crippen molar-refractivity contribution in [3.63, 3.8) is 0 Å². The second-order valence-corrected chi connectivity index (χ2v) is 6.86. The van der Waals surface area contributed by atoms with E-state index in [1.807, 2.05) is 47.9 Å². The lowest BCUT2D eigenvalue weighted by atomic mass is 10.1. The van der Waals surface area contributed by atoms with Gasteiger partial charge in [-0.2, -0.15) is 5.10 Å². The molecule has 0 aliphatic carbocycles. The highest BCUT2D eigenvalue weighted by Crippen LogP contribution is 2.32. The molecule has 0 radical (unpaired) electrons. The third kappa shape index (κ3) is 4.13. The molecule has 2 N–H and O–H groups in total. The number of hydrogen-bond donors (Lipinski definition) is 2. The monoisotopic (exact) mass is 434 g/mol. The molecule has 1 aromatic heterocycles. The van der Waals surface area contributed by atoms with Crippen LogP contribution in [0.5, 0.6) is 5.75 Å². The Labute approximate surface area is 164 Å². The molecule has 3 aromatic rings. The van der Waals surface area contributed by atoms with Crippen LogP contribution >= 0.6 is 28.1 Å². The minimum absolute atomic E-state index is 0.0441. The van der Waals surface area contributed by atoms with Crippen LogP contribution in [-0.4, -0.2) is 33.8 Å². The maximum absolute atomic E-state index is 12.0. The van der Waals surface area contributed by atoms with Gasteiger partial charge < -0.3 is 14.6 Å². The summed E-state index contributed by atoms with van der Waals surface area (Å²) >= 11 is 8.70. The van der Waals surface area contributed by atoms with E-state index in [9.17, 15) is 4.79 Å². The molecule has 8 heteroatoms. The van der Waals surface area contributed by atoms with Crippen LogP contribution in [0.25, 0.3) is 10.8 Å². The Hall–Kier alpha value is -2.19. The molecule has 0 spiro atoms. The van der Waals surface area contributed by atoms with Crippen LogP contribution in [0.3, 0.4) is 0 Å². The highest BCUT2D eigenvalue weighted by Gasteiger charge is 2.09. The third-order valence-corrected chi connectivity index (χ3v) is 5.14. The van der Waals surface area contributed by atoms with Gasteiger partial charge in [-0.1, -0.05) is 30.3 Å². The number of hydrogen-bond acceptors (Lipinski definition) is 4. The molecule has 0 aliphatic rings. The van der Waals surface area contributed by atoms with Crippen molar-refractivity contribution in [2.75, 3.05) is 13.2 Å². The number of ether oxygens (including phenoxy) is 1. The number of carbonyl (C=O) groups is 1. The summed E-state index contributed by atoms with van der Waals surface area (Å²) in [4.78, 5) is 12.0. The summed E-state index contributed by atoms with van der Waals surface area (Å²) in [6.45, 7) is 3.18. The number of fused-ring (bicyclic) bond motifs is 1. The van der Waals surface area contributed by atoms with Gasteiger partial charge in [-0.15, -0.1) is 0 Å². The van der Waals surface area contributed by atoms with E-state index < -0.39 is 0 Å². The van der Waals surface area contributed by atoms with Crippen molar-refractivity contribution < 1.29 is 9.53 Å². The van der Waals surface area contributed by atoms with Crippen LogP contribution in [0.4, 0.5) is 0 Å². The molecule has 136 valence electrons. The maximum Gasteiger partial charge on any atom is 0.257 e. The highest BCUT2D eigenvalue weighted by molar-refractivity contribution is 9.10. The summed E-state index contributed by atoms with van der Waals surface area (Å²) < 4.78 is 9.01. The number of benzene rings is 2. The first-order valence-corrected chi connectivity index (χ1v) is 9.51. The lowest BCUT2D eigenvalue weighted by Gasteiger charge is -2.11. The number of carbonyl (C=O) groups excluding carboxylic acids is 1. The van der Waals surface area contributed by atoms with E-state index in [0.29, 0.717) is 23.5 Å². The van der Waals surface area contributed by atoms with E-state index in [2.05, 4.69) is 31.4 Å². The number of rotatable bonds is 7. The average molecular weight is 435 g/mol. The van der Waals surface area contributed by atoms with Gasteiger partial charge in [0.1, 0.15) is 11.6 Å². The molecule has 3 rings (SSSR count). The highest BCUT2D eigenvalue weighted by atomic mass is 79.9. The van der Waals surface area contributed by atoms with Crippen molar-refractivity contribution in [1.82, 2.24) is 20.1 Å². The van der Waals surface area contributed by atoms with Gasteiger partial charge in [-0.05, 0) is 51.9 Å². The van der Waals surface area contributed by atoms with Gasteiger partial charge in [0, 0.05) is 19.5 Å². The van der Waals surface area contributed by atoms with Crippen molar-refractivity contribution in [1.29, 1.82) is 0 Å². The number of aromatic amines is 1. The van der Waals surface area contributed by atoms with Gasteiger partial charge in [0.25, 0.3) is 5.91 Å². The zero-order valence-corrected chi connectivity index (χ0v) is 16.7. The Morgan fingerprint density at radius 2 is 2.15 bits per heavy atom. The largest absolute Gasteiger partial charge is 0.483 e. The summed E-state index contributed by atoms with van der Waals surface area (Å²) in [5, 5.41) is 11.9. The quantitative estimate of drug-likeness (QED) is 0.557. The fraction of sp³-hybridized carbons (Fsp3) is 0.278. The van der Waals surface area contributed by atoms with Crippen LogP contribution < -0.4 is 10.1 Å². The summed E-state index contributed by atoms with van der Waals surface area (Å²) in [7, 11) is 0. The number of halogens is 1. The number of aromatic nitrogens is 3. The zero-order chi connectivity index (χ0) is 18.5. The van der Waals surface area contributed by atoms with Gasteiger partial charge in [0.15, 0.2) is 11.4 Å². The van der Waals surface area contributed by atoms with E-state index in [0.717, 1.165) is 27.6 Å². The molecule has 0 unspecified atom stereocenters. The molecule has 0 saturated carbocycles. The van der Waals surface area contributed by atoms with Gasteiger partial charge in [-0.25, -0.2) is 0 Å². The average Bonchev–Trinajstić information content (AvgIpc) is 3.01. The zero-order valence-electron chi connectivity index (χ0n) is 14.3. The second-order valence-electron chi connectivity index (χ2n) is 5.68. The van der Waals surface area contributed by atoms with Crippen LogP contribution in [0, 0.1) is 4.77 Å². The molecule has 2 aromatic carbocycles. The van der Waals surface area contributed by atoms with Gasteiger partial charge in [-0.3, -0.25) is 9.89 Å². The standard InChI is InChI=1S/C18H19BrN4O2S/c1-2-23-15(21-22-18(23)26)9-10-20-16(24)11-25-14-8-7-12-5-3-4-6-13(12)17(14)19/h3-8H,2,9-11H2,1H3,(H,20,24)(H,22,26). The molecule has 26 heavy (non-hydrogen) atoms. The van der Waals surface area contributed by atoms with Crippen molar-refractivity contribution in [2.45, 2.75) is 19.9 Å². The summed E-state index contributed by atoms with van der Waals surface area (Å²) in [6, 6.07) is 11.8. The first-order valence-electron chi connectivity index (χ1n) is 8.31. The number of nitrogens with one attached hydrogen (secondary N) is 2. The molecule has 0 saturated heterocycles. The summed E-state index contributed by atoms with van der Waals surface area (Å²) in [5.74, 6) is 1.30. The number of amides is 1. The van der Waals surface area contributed by atoms with E-state index in [4.69, 9.17) is 17.0 Å². The lowest BCUT2D eigenvalue weighted by molar-refractivity contribution is -0.123. The predicted molar refractivity (Wildman–Crippen MR) is 107 cm³/mol. The summed E-state index contributed by atoms with van der Waals surface area (Å²) in [5.41, 5.74) is 0. The van der Waals surface area contributed by atoms with Crippen LogP contribution in [0.1, 0.15) is 12.7 Å². The predicted octanol–water partition coefficient (Wildman–Crippen LogP) is 3.61. The second kappa shape index (κ2) is 8.46. The molecule has 0 fully saturated rings. The van der Waals surface area contributed by atoms with E-state index >= 15 is 0 Å². The van der Waals surface area contributed by atoms with Crippen LogP contribution in [-0.2, 0) is 17.8 Å². The Balaban J connectivity index is 1.53. The van der Waals surface area contributed by atoms with Gasteiger partial charge in [0.05, 0.1) is 4.47 Å². The van der Waals surface area contributed by atoms with E-state index in [-0.39, 0.29) is 12.5 Å². The lowest BCUT2D eigenvalue weighted by Crippen LogP contribution is -2.31. The molecule has 6 nitrogen and oxygen atoms in total. The topological polar surface area (TPSA) is 71.9 Å². The molecule has 0 atom stereocenters. The first-order chi connectivity index (χ1) is 12.6. The Bertz CT molecular complexity index is 983. The number of H-pyrrole nitrogens is 1. The Morgan fingerprint density at radius 1 is 1.35 bits per heavy atom. The Kier molecular flexibility index (Phi) is 6.05. The smallest absolute Gasteiger partial charge is 0.257 e.